The molecule has 1 heterocycles. The van der Waals surface area contributed by atoms with Crippen molar-refractivity contribution in [3.8, 4) is 0 Å². The quantitative estimate of drug-likeness (QED) is 0.507. The number of rotatable bonds is 8. The van der Waals surface area contributed by atoms with E-state index in [4.69, 9.17) is 4.74 Å². The Balaban J connectivity index is 1.45. The molecule has 11 heteroatoms. The number of amides is 1. The Kier molecular flexibility index (Phi) is 6.87. The van der Waals surface area contributed by atoms with Gasteiger partial charge in [-0.25, -0.2) is 13.1 Å². The molecule has 3 aromatic rings. The molecule has 0 atom stereocenters. The maximum Gasteiger partial charge on any atom is 0.321 e. The van der Waals surface area contributed by atoms with Crippen LogP contribution in [-0.4, -0.2) is 42.2 Å². The van der Waals surface area contributed by atoms with Crippen molar-refractivity contribution in [2.24, 2.45) is 0 Å². The summed E-state index contributed by atoms with van der Waals surface area (Å²) in [6.07, 6.45) is 1.41. The lowest BCUT2D eigenvalue weighted by atomic mass is 10.2. The minimum atomic E-state index is -3.84. The number of esters is 1. The summed E-state index contributed by atoms with van der Waals surface area (Å²) in [7, 11) is -3.84. The highest BCUT2D eigenvalue weighted by molar-refractivity contribution is 7.92. The summed E-state index contributed by atoms with van der Waals surface area (Å²) < 4.78 is 39.0. The van der Waals surface area contributed by atoms with Gasteiger partial charge in [-0.2, -0.15) is 8.75 Å². The number of aryl methyl sites for hydroxylation is 1. The van der Waals surface area contributed by atoms with E-state index in [2.05, 4.69) is 18.8 Å². The van der Waals surface area contributed by atoms with E-state index in [9.17, 15) is 18.0 Å². The van der Waals surface area contributed by atoms with Gasteiger partial charge in [0.2, 0.25) is 10.0 Å². The number of aromatic nitrogens is 2. The van der Waals surface area contributed by atoms with Crippen molar-refractivity contribution >= 4 is 56.4 Å². The fourth-order valence-corrected chi connectivity index (χ4v) is 3.64. The molecule has 1 aromatic heterocycles. The van der Waals surface area contributed by atoms with Gasteiger partial charge in [-0.1, -0.05) is 35.9 Å². The van der Waals surface area contributed by atoms with E-state index < -0.39 is 35.1 Å². The lowest BCUT2D eigenvalue weighted by molar-refractivity contribution is -0.146. The van der Waals surface area contributed by atoms with Gasteiger partial charge >= 0.3 is 5.97 Å². The first-order valence-corrected chi connectivity index (χ1v) is 11.0. The average Bonchev–Trinajstić information content (AvgIpc) is 3.20. The van der Waals surface area contributed by atoms with Crippen LogP contribution in [0.5, 0.6) is 0 Å². The van der Waals surface area contributed by atoms with Crippen molar-refractivity contribution in [1.29, 1.82) is 0 Å². The van der Waals surface area contributed by atoms with Gasteiger partial charge in [-0.05, 0) is 30.7 Å². The monoisotopic (exact) mass is 446 g/mol. The molecule has 0 aliphatic carbocycles. The Hall–Kier alpha value is -3.15. The maximum absolute atomic E-state index is 12.0. The van der Waals surface area contributed by atoms with Crippen molar-refractivity contribution < 1.29 is 22.7 Å². The topological polar surface area (TPSA) is 127 Å². The molecule has 1 amide bonds. The summed E-state index contributed by atoms with van der Waals surface area (Å²) in [6, 6.07) is 12.4. The van der Waals surface area contributed by atoms with Gasteiger partial charge in [0.25, 0.3) is 5.91 Å². The van der Waals surface area contributed by atoms with Gasteiger partial charge in [0.1, 0.15) is 17.6 Å². The SMILES string of the molecule is Cc1ccc(/C=C/S(=O)(=O)NCC(=O)OCC(=O)Nc2cccc3nsnc23)cc1. The summed E-state index contributed by atoms with van der Waals surface area (Å²) >= 11 is 1.02. The second-order valence-corrected chi connectivity index (χ2v) is 8.41. The van der Waals surface area contributed by atoms with Crippen molar-refractivity contribution in [3.05, 3.63) is 59.0 Å². The number of carbonyl (C=O) groups is 2. The lowest BCUT2D eigenvalue weighted by Crippen LogP contribution is -2.31. The smallest absolute Gasteiger partial charge is 0.321 e. The maximum atomic E-state index is 12.0. The van der Waals surface area contributed by atoms with Crippen LogP contribution in [0.4, 0.5) is 5.69 Å². The number of nitrogens with zero attached hydrogens (tertiary/aromatic N) is 2. The molecule has 3 rings (SSSR count). The average molecular weight is 447 g/mol. The van der Waals surface area contributed by atoms with Gasteiger partial charge < -0.3 is 10.1 Å². The Morgan fingerprint density at radius 3 is 2.67 bits per heavy atom. The number of hydrogen-bond acceptors (Lipinski definition) is 8. The first kappa shape index (κ1) is 21.6. The van der Waals surface area contributed by atoms with Crippen LogP contribution < -0.4 is 10.0 Å². The number of hydrogen-bond donors (Lipinski definition) is 2. The molecule has 0 bridgehead atoms. The number of nitrogens with one attached hydrogen (secondary N) is 2. The highest BCUT2D eigenvalue weighted by atomic mass is 32.2. The number of benzene rings is 2. The van der Waals surface area contributed by atoms with Crippen LogP contribution in [0.15, 0.2) is 47.9 Å². The highest BCUT2D eigenvalue weighted by Gasteiger charge is 2.13. The fraction of sp³-hybridized carbons (Fsp3) is 0.158. The van der Waals surface area contributed by atoms with Crippen molar-refractivity contribution in [2.75, 3.05) is 18.5 Å². The molecule has 9 nitrogen and oxygen atoms in total. The first-order valence-electron chi connectivity index (χ1n) is 8.73. The molecule has 156 valence electrons. The molecule has 0 radical (unpaired) electrons. The molecule has 2 N–H and O–H groups in total. The summed E-state index contributed by atoms with van der Waals surface area (Å²) in [6.45, 7) is 0.765. The van der Waals surface area contributed by atoms with E-state index in [1.165, 1.54) is 6.08 Å². The van der Waals surface area contributed by atoms with Crippen LogP contribution in [0.1, 0.15) is 11.1 Å². The number of fused-ring (bicyclic) bond motifs is 1. The Labute approximate surface area is 177 Å². The number of ether oxygens (including phenoxy) is 1. The molecule has 0 aliphatic heterocycles. The standard InChI is InChI=1S/C19H18N4O5S2/c1-13-5-7-14(8-6-13)9-10-30(26,27)20-11-18(25)28-12-17(24)21-15-3-2-4-16-19(15)23-29-22-16/h2-10,20H,11-12H2,1H3,(H,21,24)/b10-9+. The van der Waals surface area contributed by atoms with Gasteiger partial charge in [0, 0.05) is 5.41 Å². The summed E-state index contributed by atoms with van der Waals surface area (Å²) in [5, 5.41) is 3.54. The number of carbonyl (C=O) groups excluding carboxylic acids is 2. The third-order valence-electron chi connectivity index (χ3n) is 3.86. The molecule has 2 aromatic carbocycles. The minimum absolute atomic E-state index is 0.448. The molecular formula is C19H18N4O5S2. The van der Waals surface area contributed by atoms with Crippen LogP contribution in [0.2, 0.25) is 0 Å². The van der Waals surface area contributed by atoms with Crippen LogP contribution in [0.3, 0.4) is 0 Å². The van der Waals surface area contributed by atoms with E-state index in [1.54, 1.807) is 30.3 Å². The van der Waals surface area contributed by atoms with Gasteiger partial charge in [0.05, 0.1) is 17.4 Å². The van der Waals surface area contributed by atoms with Crippen LogP contribution >= 0.6 is 11.7 Å². The predicted octanol–water partition coefficient (Wildman–Crippen LogP) is 2.07. The lowest BCUT2D eigenvalue weighted by Gasteiger charge is -2.07. The van der Waals surface area contributed by atoms with Gasteiger partial charge in [-0.15, -0.1) is 0 Å². The molecular weight excluding hydrogens is 428 g/mol. The minimum Gasteiger partial charge on any atom is -0.455 e. The molecule has 0 saturated carbocycles. The Morgan fingerprint density at radius 1 is 1.13 bits per heavy atom. The largest absolute Gasteiger partial charge is 0.455 e. The van der Waals surface area contributed by atoms with Gasteiger partial charge in [-0.3, -0.25) is 9.59 Å². The number of sulfonamides is 1. The Morgan fingerprint density at radius 2 is 1.90 bits per heavy atom. The van der Waals surface area contributed by atoms with Gasteiger partial charge in [0.15, 0.2) is 6.61 Å². The third-order valence-corrected chi connectivity index (χ3v) is 5.44. The zero-order chi connectivity index (χ0) is 21.6. The summed E-state index contributed by atoms with van der Waals surface area (Å²) in [5.41, 5.74) is 3.39. The molecule has 0 saturated heterocycles. The van der Waals surface area contributed by atoms with E-state index >= 15 is 0 Å². The first-order chi connectivity index (χ1) is 14.3. The highest BCUT2D eigenvalue weighted by Crippen LogP contribution is 2.20. The normalized spacial score (nSPS) is 11.6. The third kappa shape index (κ3) is 6.17. The van der Waals surface area contributed by atoms with Crippen molar-refractivity contribution in [1.82, 2.24) is 13.5 Å². The zero-order valence-electron chi connectivity index (χ0n) is 15.9. The molecule has 30 heavy (non-hydrogen) atoms. The summed E-state index contributed by atoms with van der Waals surface area (Å²) in [4.78, 5) is 23.7. The van der Waals surface area contributed by atoms with Crippen LogP contribution in [-0.2, 0) is 24.3 Å². The van der Waals surface area contributed by atoms with E-state index in [-0.39, 0.29) is 0 Å². The molecule has 0 aliphatic rings. The van der Waals surface area contributed by atoms with Crippen molar-refractivity contribution in [2.45, 2.75) is 6.92 Å². The van der Waals surface area contributed by atoms with E-state index in [0.717, 1.165) is 22.7 Å². The predicted molar refractivity (Wildman–Crippen MR) is 114 cm³/mol. The molecule has 0 spiro atoms. The Bertz CT molecular complexity index is 1190. The molecule has 0 fully saturated rings. The van der Waals surface area contributed by atoms with Crippen LogP contribution in [0.25, 0.3) is 17.1 Å². The summed E-state index contributed by atoms with van der Waals surface area (Å²) in [5.74, 6) is -1.46. The van der Waals surface area contributed by atoms with Crippen molar-refractivity contribution in [3.63, 3.8) is 0 Å². The number of anilines is 1. The second kappa shape index (κ2) is 9.57. The van der Waals surface area contributed by atoms with E-state index in [0.29, 0.717) is 22.3 Å². The fourth-order valence-electron chi connectivity index (χ4n) is 2.34. The zero-order valence-corrected chi connectivity index (χ0v) is 17.5. The van der Waals surface area contributed by atoms with Crippen LogP contribution in [0, 0.1) is 6.92 Å². The second-order valence-electron chi connectivity index (χ2n) is 6.23. The van der Waals surface area contributed by atoms with E-state index in [1.807, 2.05) is 19.1 Å². The molecule has 0 unspecified atom stereocenters.